The molecule has 18 heavy (non-hydrogen) atoms. The highest BCUT2D eigenvalue weighted by atomic mass is 16.5. The summed E-state index contributed by atoms with van der Waals surface area (Å²) < 4.78 is 5.25. The number of amides is 1. The highest BCUT2D eigenvalue weighted by Gasteiger charge is 2.28. The molecule has 1 saturated heterocycles. The summed E-state index contributed by atoms with van der Waals surface area (Å²) in [6.45, 7) is 1.35. The van der Waals surface area contributed by atoms with Gasteiger partial charge in [-0.15, -0.1) is 0 Å². The van der Waals surface area contributed by atoms with Crippen molar-refractivity contribution in [3.63, 3.8) is 0 Å². The van der Waals surface area contributed by atoms with E-state index in [2.05, 4.69) is 0 Å². The summed E-state index contributed by atoms with van der Waals surface area (Å²) in [6.07, 6.45) is 3.48. The van der Waals surface area contributed by atoms with Crippen LogP contribution in [-0.2, 0) is 9.53 Å². The third-order valence-corrected chi connectivity index (χ3v) is 2.76. The smallest absolute Gasteiger partial charge is 0.248 e. The van der Waals surface area contributed by atoms with Crippen molar-refractivity contribution in [1.82, 2.24) is 4.90 Å². The maximum atomic E-state index is 11.5. The first-order valence-electron chi connectivity index (χ1n) is 6.01. The maximum Gasteiger partial charge on any atom is 0.248 e. The van der Waals surface area contributed by atoms with Gasteiger partial charge in [-0.1, -0.05) is 42.5 Å². The molecule has 0 saturated carbocycles. The summed E-state index contributed by atoms with van der Waals surface area (Å²) >= 11 is 0. The van der Waals surface area contributed by atoms with Crippen LogP contribution in [0.15, 0.2) is 36.4 Å². The highest BCUT2D eigenvalue weighted by molar-refractivity contribution is 5.78. The van der Waals surface area contributed by atoms with Crippen molar-refractivity contribution in [3.05, 3.63) is 42.0 Å². The molecule has 4 nitrogen and oxygen atoms in total. The molecule has 0 unspecified atom stereocenters. The molecule has 0 atom stereocenters. The lowest BCUT2D eigenvalue weighted by Crippen LogP contribution is -2.54. The largest absolute Gasteiger partial charge is 0.389 e. The lowest BCUT2D eigenvalue weighted by molar-refractivity contribution is -0.145. The van der Waals surface area contributed by atoms with Gasteiger partial charge in [0.15, 0.2) is 0 Å². The van der Waals surface area contributed by atoms with Gasteiger partial charge in [0.2, 0.25) is 5.91 Å². The highest BCUT2D eigenvalue weighted by Crippen LogP contribution is 2.07. The van der Waals surface area contributed by atoms with Crippen LogP contribution in [0.2, 0.25) is 0 Å². The number of aliphatic hydroxyl groups excluding tert-OH is 1. The van der Waals surface area contributed by atoms with E-state index in [1.807, 2.05) is 42.5 Å². The quantitative estimate of drug-likeness (QED) is 0.787. The molecule has 1 fully saturated rings. The average molecular weight is 247 g/mol. The molecule has 0 aliphatic carbocycles. The zero-order chi connectivity index (χ0) is 12.8. The molecule has 1 N–H and O–H groups in total. The van der Waals surface area contributed by atoms with Crippen molar-refractivity contribution in [3.8, 4) is 0 Å². The second-order valence-corrected chi connectivity index (χ2v) is 4.28. The van der Waals surface area contributed by atoms with Gasteiger partial charge in [0.05, 0.1) is 12.7 Å². The lowest BCUT2D eigenvalue weighted by Gasteiger charge is -2.35. The second kappa shape index (κ2) is 6.33. The number of hydrogen-bond acceptors (Lipinski definition) is 3. The first kappa shape index (κ1) is 12.8. The Morgan fingerprint density at radius 3 is 2.78 bits per heavy atom. The molecule has 0 radical (unpaired) electrons. The summed E-state index contributed by atoms with van der Waals surface area (Å²) in [5, 5.41) is 9.06. The van der Waals surface area contributed by atoms with Crippen LogP contribution in [0.3, 0.4) is 0 Å². The Bertz CT molecular complexity index is 410. The first-order valence-corrected chi connectivity index (χ1v) is 6.01. The van der Waals surface area contributed by atoms with E-state index in [0.717, 1.165) is 5.56 Å². The molecule has 2 rings (SSSR count). The van der Waals surface area contributed by atoms with E-state index in [0.29, 0.717) is 19.7 Å². The lowest BCUT2D eigenvalue weighted by atomic mass is 10.2. The van der Waals surface area contributed by atoms with Crippen molar-refractivity contribution in [2.75, 3.05) is 26.3 Å². The number of likely N-dealkylation sites (tertiary alicyclic amines) is 1. The molecule has 1 aromatic rings. The predicted octanol–water partition coefficient (Wildman–Crippen LogP) is 0.919. The summed E-state index contributed by atoms with van der Waals surface area (Å²) in [6, 6.07) is 9.92. The number of rotatable bonds is 5. The van der Waals surface area contributed by atoms with Crippen molar-refractivity contribution >= 4 is 12.0 Å². The Hall–Kier alpha value is -1.65. The fraction of sp³-hybridized carbons (Fsp3) is 0.357. The Labute approximate surface area is 106 Å². The van der Waals surface area contributed by atoms with E-state index < -0.39 is 0 Å². The van der Waals surface area contributed by atoms with Crippen molar-refractivity contribution in [1.29, 1.82) is 0 Å². The van der Waals surface area contributed by atoms with Crippen LogP contribution in [0.1, 0.15) is 5.56 Å². The fourth-order valence-corrected chi connectivity index (χ4v) is 1.71. The number of nitrogens with zero attached hydrogens (tertiary/aromatic N) is 1. The van der Waals surface area contributed by atoms with Crippen LogP contribution in [0.25, 0.3) is 6.08 Å². The SMILES string of the molecule is O=C(COC/C=C/c1ccccc1)N1CC(O)C1. The Morgan fingerprint density at radius 1 is 1.39 bits per heavy atom. The number of β-amino-alcohol motifs (C(OH)–C–C–N with tert-alkyl or cyclic N) is 1. The van der Waals surface area contributed by atoms with Crippen LogP contribution in [0.4, 0.5) is 0 Å². The van der Waals surface area contributed by atoms with Crippen LogP contribution >= 0.6 is 0 Å². The fourth-order valence-electron chi connectivity index (χ4n) is 1.71. The molecular weight excluding hydrogens is 230 g/mol. The topological polar surface area (TPSA) is 49.8 Å². The van der Waals surface area contributed by atoms with Crippen LogP contribution < -0.4 is 0 Å². The number of aliphatic hydroxyl groups is 1. The van der Waals surface area contributed by atoms with Crippen molar-refractivity contribution in [2.45, 2.75) is 6.10 Å². The third-order valence-electron chi connectivity index (χ3n) is 2.76. The van der Waals surface area contributed by atoms with Gasteiger partial charge in [-0.25, -0.2) is 0 Å². The number of carbonyl (C=O) groups excluding carboxylic acids is 1. The normalized spacial score (nSPS) is 15.9. The molecule has 0 aromatic heterocycles. The summed E-state index contributed by atoms with van der Waals surface area (Å²) in [7, 11) is 0. The number of carbonyl (C=O) groups is 1. The van der Waals surface area contributed by atoms with Gasteiger partial charge in [0, 0.05) is 13.1 Å². The van der Waals surface area contributed by atoms with E-state index in [9.17, 15) is 4.79 Å². The van der Waals surface area contributed by atoms with Gasteiger partial charge < -0.3 is 14.7 Å². The number of ether oxygens (including phenoxy) is 1. The molecule has 96 valence electrons. The minimum atomic E-state index is -0.355. The summed E-state index contributed by atoms with van der Waals surface area (Å²) in [4.78, 5) is 13.1. The minimum absolute atomic E-state index is 0.0617. The zero-order valence-electron chi connectivity index (χ0n) is 10.2. The van der Waals surface area contributed by atoms with Crippen LogP contribution in [-0.4, -0.2) is 48.3 Å². The molecule has 0 bridgehead atoms. The van der Waals surface area contributed by atoms with Gasteiger partial charge in [0.1, 0.15) is 6.61 Å². The number of benzene rings is 1. The molecule has 1 heterocycles. The van der Waals surface area contributed by atoms with Gasteiger partial charge in [-0.3, -0.25) is 4.79 Å². The van der Waals surface area contributed by atoms with Crippen LogP contribution in [0, 0.1) is 0 Å². The maximum absolute atomic E-state index is 11.5. The van der Waals surface area contributed by atoms with E-state index >= 15 is 0 Å². The molecular formula is C14H17NO3. The van der Waals surface area contributed by atoms with E-state index in [-0.39, 0.29) is 18.6 Å². The van der Waals surface area contributed by atoms with Gasteiger partial charge in [0.25, 0.3) is 0 Å². The number of hydrogen-bond donors (Lipinski definition) is 1. The monoisotopic (exact) mass is 247 g/mol. The minimum Gasteiger partial charge on any atom is -0.389 e. The molecule has 1 aliphatic rings. The molecule has 1 aliphatic heterocycles. The Kier molecular flexibility index (Phi) is 4.50. The first-order chi connectivity index (χ1) is 8.75. The van der Waals surface area contributed by atoms with Gasteiger partial charge in [-0.05, 0) is 5.56 Å². The zero-order valence-corrected chi connectivity index (χ0v) is 10.2. The molecule has 1 amide bonds. The average Bonchev–Trinajstić information content (AvgIpc) is 2.35. The van der Waals surface area contributed by atoms with E-state index in [1.165, 1.54) is 0 Å². The molecule has 4 heteroatoms. The third kappa shape index (κ3) is 3.68. The predicted molar refractivity (Wildman–Crippen MR) is 68.9 cm³/mol. The molecule has 1 aromatic carbocycles. The van der Waals surface area contributed by atoms with Crippen LogP contribution in [0.5, 0.6) is 0 Å². The Balaban J connectivity index is 1.61. The standard InChI is InChI=1S/C14H17NO3/c16-13-9-15(10-13)14(17)11-18-8-4-7-12-5-2-1-3-6-12/h1-7,13,16H,8-11H2/b7-4+. The van der Waals surface area contributed by atoms with Gasteiger partial charge in [-0.2, -0.15) is 0 Å². The summed E-state index contributed by atoms with van der Waals surface area (Å²) in [5.41, 5.74) is 1.11. The Morgan fingerprint density at radius 2 is 2.11 bits per heavy atom. The van der Waals surface area contributed by atoms with Crippen molar-refractivity contribution < 1.29 is 14.6 Å². The molecule has 0 spiro atoms. The summed E-state index contributed by atoms with van der Waals surface area (Å²) in [5.74, 6) is -0.0617. The van der Waals surface area contributed by atoms with E-state index in [1.54, 1.807) is 4.90 Å². The van der Waals surface area contributed by atoms with E-state index in [4.69, 9.17) is 9.84 Å². The van der Waals surface area contributed by atoms with Crippen molar-refractivity contribution in [2.24, 2.45) is 0 Å². The second-order valence-electron chi connectivity index (χ2n) is 4.28. The van der Waals surface area contributed by atoms with Gasteiger partial charge >= 0.3 is 0 Å².